The standard InChI is InChI=1S/C21H26F3N5O4S/c1-5-28(6-2)20(31)29(16-9-7-8-15(12-16)21(22,23)24)18-10-11-25-13-17(18)27-34(32,33)19(30)26-14(3)4/h7-14,27H,5-6H2,1-4H3,(H,26,30). The van der Waals surface area contributed by atoms with E-state index in [1.54, 1.807) is 27.7 Å². The second-order valence-corrected chi connectivity index (χ2v) is 9.00. The van der Waals surface area contributed by atoms with Crippen molar-refractivity contribution in [1.82, 2.24) is 15.2 Å². The molecule has 0 saturated heterocycles. The van der Waals surface area contributed by atoms with E-state index in [2.05, 4.69) is 15.0 Å². The molecule has 0 aliphatic rings. The number of halogens is 3. The van der Waals surface area contributed by atoms with Gasteiger partial charge in [0.05, 0.1) is 28.8 Å². The van der Waals surface area contributed by atoms with Gasteiger partial charge < -0.3 is 10.2 Å². The number of rotatable bonds is 7. The lowest BCUT2D eigenvalue weighted by molar-refractivity contribution is -0.137. The molecule has 0 unspecified atom stereocenters. The highest BCUT2D eigenvalue weighted by molar-refractivity contribution is 8.07. The molecular formula is C21H26F3N5O4S. The fourth-order valence-electron chi connectivity index (χ4n) is 2.97. The van der Waals surface area contributed by atoms with Gasteiger partial charge in [0.15, 0.2) is 0 Å². The van der Waals surface area contributed by atoms with Gasteiger partial charge in [-0.3, -0.25) is 19.4 Å². The third kappa shape index (κ3) is 6.37. The third-order valence-corrected chi connectivity index (χ3v) is 5.69. The Bertz CT molecular complexity index is 1140. The molecule has 0 aliphatic carbocycles. The number of urea groups is 1. The Kier molecular flexibility index (Phi) is 8.48. The van der Waals surface area contributed by atoms with Gasteiger partial charge in [-0.05, 0) is 52.0 Å². The molecule has 0 bridgehead atoms. The van der Waals surface area contributed by atoms with E-state index in [9.17, 15) is 31.2 Å². The number of nitrogens with one attached hydrogen (secondary N) is 2. The third-order valence-electron chi connectivity index (χ3n) is 4.59. The van der Waals surface area contributed by atoms with Crippen molar-refractivity contribution in [3.8, 4) is 0 Å². The molecule has 34 heavy (non-hydrogen) atoms. The zero-order valence-electron chi connectivity index (χ0n) is 19.0. The van der Waals surface area contributed by atoms with Crippen LogP contribution in [0.2, 0.25) is 0 Å². The Morgan fingerprint density at radius 2 is 1.76 bits per heavy atom. The van der Waals surface area contributed by atoms with E-state index in [0.717, 1.165) is 29.3 Å². The summed E-state index contributed by atoms with van der Waals surface area (Å²) in [6.45, 7) is 7.01. The summed E-state index contributed by atoms with van der Waals surface area (Å²) in [4.78, 5) is 31.6. The van der Waals surface area contributed by atoms with E-state index in [0.29, 0.717) is 0 Å². The number of nitrogens with zero attached hydrogens (tertiary/aromatic N) is 3. The van der Waals surface area contributed by atoms with E-state index in [-0.39, 0.29) is 30.2 Å². The van der Waals surface area contributed by atoms with Crippen LogP contribution in [0.15, 0.2) is 42.7 Å². The maximum absolute atomic E-state index is 13.4. The predicted octanol–water partition coefficient (Wildman–Crippen LogP) is 4.56. The molecule has 2 rings (SSSR count). The van der Waals surface area contributed by atoms with Crippen LogP contribution in [0.25, 0.3) is 0 Å². The summed E-state index contributed by atoms with van der Waals surface area (Å²) in [5.74, 6) is 0. The molecule has 0 fully saturated rings. The minimum Gasteiger partial charge on any atom is -0.339 e. The van der Waals surface area contributed by atoms with Crippen molar-refractivity contribution >= 4 is 38.4 Å². The molecule has 0 saturated carbocycles. The number of pyridine rings is 1. The van der Waals surface area contributed by atoms with Gasteiger partial charge in [0.25, 0.3) is 0 Å². The molecule has 186 valence electrons. The lowest BCUT2D eigenvalue weighted by atomic mass is 10.1. The number of anilines is 3. The molecule has 9 nitrogen and oxygen atoms in total. The van der Waals surface area contributed by atoms with Crippen molar-refractivity contribution in [2.75, 3.05) is 22.7 Å². The van der Waals surface area contributed by atoms with Crippen LogP contribution in [0.1, 0.15) is 33.3 Å². The van der Waals surface area contributed by atoms with Gasteiger partial charge in [-0.1, -0.05) is 6.07 Å². The number of hydrogen-bond acceptors (Lipinski definition) is 5. The van der Waals surface area contributed by atoms with Crippen LogP contribution in [0.5, 0.6) is 0 Å². The minimum absolute atomic E-state index is 0.104. The number of carbonyl (C=O) groups excluding carboxylic acids is 2. The maximum Gasteiger partial charge on any atom is 0.416 e. The molecule has 1 aromatic heterocycles. The van der Waals surface area contributed by atoms with Gasteiger partial charge in [0.2, 0.25) is 0 Å². The summed E-state index contributed by atoms with van der Waals surface area (Å²) in [7, 11) is -4.61. The number of aromatic nitrogens is 1. The summed E-state index contributed by atoms with van der Waals surface area (Å²) < 4.78 is 67.2. The van der Waals surface area contributed by atoms with E-state index < -0.39 is 39.1 Å². The summed E-state index contributed by atoms with van der Waals surface area (Å²) in [5.41, 5.74) is -1.51. The predicted molar refractivity (Wildman–Crippen MR) is 122 cm³/mol. The largest absolute Gasteiger partial charge is 0.416 e. The van der Waals surface area contributed by atoms with Crippen molar-refractivity contribution < 1.29 is 31.2 Å². The van der Waals surface area contributed by atoms with Gasteiger partial charge in [-0.15, -0.1) is 0 Å². The van der Waals surface area contributed by atoms with Gasteiger partial charge >= 0.3 is 27.5 Å². The minimum atomic E-state index is -4.67. The monoisotopic (exact) mass is 501 g/mol. The highest BCUT2D eigenvalue weighted by atomic mass is 32.2. The van der Waals surface area contributed by atoms with Crippen molar-refractivity contribution in [1.29, 1.82) is 0 Å². The lowest BCUT2D eigenvalue weighted by Crippen LogP contribution is -2.41. The molecule has 0 spiro atoms. The van der Waals surface area contributed by atoms with Crippen LogP contribution in [0.3, 0.4) is 0 Å². The first-order valence-corrected chi connectivity index (χ1v) is 11.8. The molecular weight excluding hydrogens is 475 g/mol. The number of carbonyl (C=O) groups is 2. The van der Waals surface area contributed by atoms with E-state index in [1.165, 1.54) is 23.2 Å². The number of sulfonamides is 1. The lowest BCUT2D eigenvalue weighted by Gasteiger charge is -2.31. The number of hydrogen-bond donors (Lipinski definition) is 2. The Morgan fingerprint density at radius 1 is 1.12 bits per heavy atom. The molecule has 2 aromatic rings. The summed E-state index contributed by atoms with van der Waals surface area (Å²) in [6.07, 6.45) is -2.36. The van der Waals surface area contributed by atoms with Crippen molar-refractivity contribution in [3.05, 3.63) is 48.3 Å². The van der Waals surface area contributed by atoms with Crippen LogP contribution < -0.4 is 14.9 Å². The molecule has 0 atom stereocenters. The molecule has 2 N–H and O–H groups in total. The molecule has 0 radical (unpaired) electrons. The van der Waals surface area contributed by atoms with Gasteiger partial charge in [-0.25, -0.2) is 4.79 Å². The Labute approximate surface area is 196 Å². The normalized spacial score (nSPS) is 11.8. The number of amides is 3. The highest BCUT2D eigenvalue weighted by Gasteiger charge is 2.33. The number of benzene rings is 1. The van der Waals surface area contributed by atoms with Crippen molar-refractivity contribution in [2.45, 2.75) is 39.9 Å². The Hall–Kier alpha value is -3.35. The first-order chi connectivity index (χ1) is 15.8. The quantitative estimate of drug-likeness (QED) is 0.578. The van der Waals surface area contributed by atoms with Crippen LogP contribution in [0.4, 0.5) is 39.8 Å². The van der Waals surface area contributed by atoms with Crippen LogP contribution >= 0.6 is 0 Å². The molecule has 1 aromatic carbocycles. The zero-order chi connectivity index (χ0) is 25.7. The smallest absolute Gasteiger partial charge is 0.339 e. The van der Waals surface area contributed by atoms with Crippen LogP contribution in [0, 0.1) is 0 Å². The van der Waals surface area contributed by atoms with Crippen molar-refractivity contribution in [3.63, 3.8) is 0 Å². The van der Waals surface area contributed by atoms with Crippen LogP contribution in [-0.2, 0) is 16.2 Å². The Balaban J connectivity index is 2.66. The van der Waals surface area contributed by atoms with E-state index >= 15 is 0 Å². The first kappa shape index (κ1) is 26.9. The van der Waals surface area contributed by atoms with Gasteiger partial charge in [0, 0.05) is 25.3 Å². The topological polar surface area (TPSA) is 112 Å². The van der Waals surface area contributed by atoms with Gasteiger partial charge in [0.1, 0.15) is 0 Å². The second-order valence-electron chi connectivity index (χ2n) is 7.42. The maximum atomic E-state index is 13.4. The zero-order valence-corrected chi connectivity index (χ0v) is 19.9. The Morgan fingerprint density at radius 3 is 2.32 bits per heavy atom. The average Bonchev–Trinajstić information content (AvgIpc) is 2.75. The van der Waals surface area contributed by atoms with Crippen LogP contribution in [-0.4, -0.2) is 48.7 Å². The van der Waals surface area contributed by atoms with Crippen molar-refractivity contribution in [2.24, 2.45) is 0 Å². The summed E-state index contributed by atoms with van der Waals surface area (Å²) in [5, 5.41) is 0.936. The number of alkyl halides is 3. The summed E-state index contributed by atoms with van der Waals surface area (Å²) >= 11 is 0. The average molecular weight is 502 g/mol. The highest BCUT2D eigenvalue weighted by Crippen LogP contribution is 2.37. The molecule has 3 amide bonds. The molecule has 13 heteroatoms. The second kappa shape index (κ2) is 10.7. The fraction of sp³-hybridized carbons (Fsp3) is 0.381. The fourth-order valence-corrected chi connectivity index (χ4v) is 3.90. The first-order valence-electron chi connectivity index (χ1n) is 10.3. The molecule has 1 heterocycles. The SMILES string of the molecule is CCN(CC)C(=O)N(c1cccc(C(F)(F)F)c1)c1ccncc1NS(=O)(=O)C(=O)NC(C)C. The van der Waals surface area contributed by atoms with Gasteiger partial charge in [-0.2, -0.15) is 21.6 Å². The summed E-state index contributed by atoms with van der Waals surface area (Å²) in [6, 6.07) is 4.18. The van der Waals surface area contributed by atoms with E-state index in [4.69, 9.17) is 0 Å². The molecule has 0 aliphatic heterocycles. The van der Waals surface area contributed by atoms with E-state index in [1.807, 2.05) is 0 Å².